The first-order chi connectivity index (χ1) is 9.67. The van der Waals surface area contributed by atoms with Gasteiger partial charge in [0.25, 0.3) is 0 Å². The molecule has 0 spiro atoms. The monoisotopic (exact) mass is 357 g/mol. The Bertz CT molecular complexity index is 567. The average Bonchev–Trinajstić information content (AvgIpc) is 2.80. The number of unbranched alkanes of at least 4 members (excludes halogenated alkanes) is 3. The van der Waals surface area contributed by atoms with Crippen molar-refractivity contribution in [3.05, 3.63) is 22.6 Å². The van der Waals surface area contributed by atoms with Crippen molar-refractivity contribution < 1.29 is 0 Å². The Morgan fingerprint density at radius 3 is 2.85 bits per heavy atom. The molecule has 20 heavy (non-hydrogen) atoms. The molecule has 2 aromatic heterocycles. The SMILES string of the molecule is CCCCCCC(C)n1c(CCl)nc2cc(Br)cnc21. The lowest BCUT2D eigenvalue weighted by molar-refractivity contribution is 0.471. The molecule has 2 rings (SSSR count). The van der Waals surface area contributed by atoms with Gasteiger partial charge in [-0.05, 0) is 35.3 Å². The standard InChI is InChI=1S/C15H21BrClN3/c1-3-4-5-6-7-11(2)20-14(9-17)19-13-8-12(16)10-18-15(13)20/h8,10-11H,3-7,9H2,1-2H3. The van der Waals surface area contributed by atoms with E-state index in [0.29, 0.717) is 11.9 Å². The van der Waals surface area contributed by atoms with Gasteiger partial charge in [-0.2, -0.15) is 0 Å². The number of imidazole rings is 1. The van der Waals surface area contributed by atoms with Gasteiger partial charge in [0.05, 0.1) is 5.88 Å². The summed E-state index contributed by atoms with van der Waals surface area (Å²) in [6.45, 7) is 4.47. The average molecular weight is 359 g/mol. The van der Waals surface area contributed by atoms with E-state index < -0.39 is 0 Å². The normalized spacial score (nSPS) is 13.0. The minimum atomic E-state index is 0.388. The van der Waals surface area contributed by atoms with E-state index in [2.05, 4.69) is 44.3 Å². The van der Waals surface area contributed by atoms with Crippen LogP contribution in [-0.4, -0.2) is 14.5 Å². The maximum absolute atomic E-state index is 6.05. The fourth-order valence-electron chi connectivity index (χ4n) is 2.56. The number of halogens is 2. The Labute approximate surface area is 133 Å². The van der Waals surface area contributed by atoms with Gasteiger partial charge in [-0.1, -0.05) is 32.6 Å². The van der Waals surface area contributed by atoms with Crippen LogP contribution in [0.4, 0.5) is 0 Å². The number of nitrogens with zero attached hydrogens (tertiary/aromatic N) is 3. The first-order valence-corrected chi connectivity index (χ1v) is 8.58. The fraction of sp³-hybridized carbons (Fsp3) is 0.600. The van der Waals surface area contributed by atoms with Crippen LogP contribution in [0.2, 0.25) is 0 Å². The van der Waals surface area contributed by atoms with E-state index in [0.717, 1.165) is 27.9 Å². The second kappa shape index (κ2) is 7.41. The summed E-state index contributed by atoms with van der Waals surface area (Å²) in [5.41, 5.74) is 1.85. The number of hydrogen-bond donors (Lipinski definition) is 0. The third-order valence-electron chi connectivity index (χ3n) is 3.61. The second-order valence-electron chi connectivity index (χ2n) is 5.23. The topological polar surface area (TPSA) is 30.7 Å². The number of hydrogen-bond acceptors (Lipinski definition) is 2. The first-order valence-electron chi connectivity index (χ1n) is 7.25. The molecule has 0 saturated heterocycles. The van der Waals surface area contributed by atoms with Crippen molar-refractivity contribution in [3.63, 3.8) is 0 Å². The van der Waals surface area contributed by atoms with Crippen LogP contribution in [0, 0.1) is 0 Å². The molecule has 0 N–H and O–H groups in total. The van der Waals surface area contributed by atoms with Gasteiger partial charge in [0, 0.05) is 16.7 Å². The van der Waals surface area contributed by atoms with Gasteiger partial charge in [0.15, 0.2) is 5.65 Å². The highest BCUT2D eigenvalue weighted by atomic mass is 79.9. The van der Waals surface area contributed by atoms with Gasteiger partial charge in [0.1, 0.15) is 11.3 Å². The van der Waals surface area contributed by atoms with Crippen LogP contribution in [0.5, 0.6) is 0 Å². The first kappa shape index (κ1) is 15.8. The summed E-state index contributed by atoms with van der Waals surface area (Å²) in [7, 11) is 0. The molecule has 0 aliphatic carbocycles. The van der Waals surface area contributed by atoms with E-state index in [1.165, 1.54) is 25.7 Å². The maximum Gasteiger partial charge on any atom is 0.160 e. The van der Waals surface area contributed by atoms with Crippen LogP contribution in [0.1, 0.15) is 57.8 Å². The summed E-state index contributed by atoms with van der Waals surface area (Å²) in [6, 6.07) is 2.39. The smallest absolute Gasteiger partial charge is 0.160 e. The summed E-state index contributed by atoms with van der Waals surface area (Å²) in [5.74, 6) is 1.34. The van der Waals surface area contributed by atoms with Crippen molar-refractivity contribution in [1.82, 2.24) is 14.5 Å². The van der Waals surface area contributed by atoms with Crippen molar-refractivity contribution in [2.45, 2.75) is 57.9 Å². The Hall–Kier alpha value is -0.610. The molecular formula is C15H21BrClN3. The lowest BCUT2D eigenvalue weighted by atomic mass is 10.1. The van der Waals surface area contributed by atoms with Gasteiger partial charge < -0.3 is 4.57 Å². The predicted octanol–water partition coefficient (Wildman–Crippen LogP) is 5.46. The van der Waals surface area contributed by atoms with Crippen LogP contribution in [0.3, 0.4) is 0 Å². The van der Waals surface area contributed by atoms with Crippen molar-refractivity contribution in [2.24, 2.45) is 0 Å². The highest BCUT2D eigenvalue weighted by Crippen LogP contribution is 2.26. The predicted molar refractivity (Wildman–Crippen MR) is 88.3 cm³/mol. The highest BCUT2D eigenvalue weighted by molar-refractivity contribution is 9.10. The Morgan fingerprint density at radius 2 is 2.15 bits per heavy atom. The minimum Gasteiger partial charge on any atom is -0.309 e. The molecule has 0 aliphatic heterocycles. The Kier molecular flexibility index (Phi) is 5.85. The maximum atomic E-state index is 6.05. The summed E-state index contributed by atoms with van der Waals surface area (Å²) < 4.78 is 3.15. The summed E-state index contributed by atoms with van der Waals surface area (Å²) >= 11 is 9.49. The molecular weight excluding hydrogens is 338 g/mol. The van der Waals surface area contributed by atoms with Gasteiger partial charge in [-0.3, -0.25) is 0 Å². The van der Waals surface area contributed by atoms with E-state index in [9.17, 15) is 0 Å². The zero-order valence-corrected chi connectivity index (χ0v) is 14.4. The molecule has 0 aromatic carbocycles. The number of fused-ring (bicyclic) bond motifs is 1. The van der Waals surface area contributed by atoms with E-state index in [1.807, 2.05) is 12.3 Å². The molecule has 0 fully saturated rings. The molecule has 5 heteroatoms. The summed E-state index contributed by atoms with van der Waals surface area (Å²) in [4.78, 5) is 9.11. The molecule has 1 atom stereocenters. The molecule has 3 nitrogen and oxygen atoms in total. The molecule has 0 aliphatic rings. The number of rotatable bonds is 7. The zero-order valence-electron chi connectivity index (χ0n) is 12.1. The Balaban J connectivity index is 2.22. The number of alkyl halides is 1. The van der Waals surface area contributed by atoms with Crippen molar-refractivity contribution >= 4 is 38.7 Å². The molecule has 2 heterocycles. The highest BCUT2D eigenvalue weighted by Gasteiger charge is 2.16. The van der Waals surface area contributed by atoms with Crippen LogP contribution in [0.25, 0.3) is 11.2 Å². The van der Waals surface area contributed by atoms with Gasteiger partial charge in [-0.25, -0.2) is 9.97 Å². The molecule has 0 bridgehead atoms. The quantitative estimate of drug-likeness (QED) is 0.486. The summed E-state index contributed by atoms with van der Waals surface area (Å²) in [5, 5.41) is 0. The Morgan fingerprint density at radius 1 is 1.35 bits per heavy atom. The van der Waals surface area contributed by atoms with Gasteiger partial charge in [-0.15, -0.1) is 11.6 Å². The molecule has 0 saturated carbocycles. The number of aromatic nitrogens is 3. The van der Waals surface area contributed by atoms with Crippen LogP contribution in [0.15, 0.2) is 16.7 Å². The fourth-order valence-corrected chi connectivity index (χ4v) is 3.07. The molecule has 2 aromatic rings. The summed E-state index contributed by atoms with van der Waals surface area (Å²) in [6.07, 6.45) is 8.08. The second-order valence-corrected chi connectivity index (χ2v) is 6.41. The van der Waals surface area contributed by atoms with E-state index in [4.69, 9.17) is 11.6 Å². The van der Waals surface area contributed by atoms with E-state index >= 15 is 0 Å². The zero-order chi connectivity index (χ0) is 14.5. The third-order valence-corrected chi connectivity index (χ3v) is 4.28. The van der Waals surface area contributed by atoms with Crippen molar-refractivity contribution in [3.8, 4) is 0 Å². The van der Waals surface area contributed by atoms with Crippen LogP contribution >= 0.6 is 27.5 Å². The van der Waals surface area contributed by atoms with Gasteiger partial charge >= 0.3 is 0 Å². The lowest BCUT2D eigenvalue weighted by Crippen LogP contribution is -2.09. The lowest BCUT2D eigenvalue weighted by Gasteiger charge is -2.16. The molecule has 1 unspecified atom stereocenters. The molecule has 0 amide bonds. The largest absolute Gasteiger partial charge is 0.309 e. The molecule has 110 valence electrons. The molecule has 0 radical (unpaired) electrons. The van der Waals surface area contributed by atoms with Crippen molar-refractivity contribution in [2.75, 3.05) is 0 Å². The van der Waals surface area contributed by atoms with Gasteiger partial charge in [0.2, 0.25) is 0 Å². The van der Waals surface area contributed by atoms with Crippen LogP contribution in [-0.2, 0) is 5.88 Å². The van der Waals surface area contributed by atoms with Crippen LogP contribution < -0.4 is 0 Å². The minimum absolute atomic E-state index is 0.388. The van der Waals surface area contributed by atoms with Crippen molar-refractivity contribution in [1.29, 1.82) is 0 Å². The van der Waals surface area contributed by atoms with E-state index in [-0.39, 0.29) is 0 Å². The van der Waals surface area contributed by atoms with E-state index in [1.54, 1.807) is 0 Å². The number of pyridine rings is 1. The third kappa shape index (κ3) is 3.53.